The molecule has 5 nitrogen and oxygen atoms in total. The van der Waals surface area contributed by atoms with E-state index >= 15 is 0 Å². The number of aromatic nitrogens is 1. The predicted octanol–water partition coefficient (Wildman–Crippen LogP) is 2.76. The van der Waals surface area contributed by atoms with E-state index in [1.54, 1.807) is 0 Å². The van der Waals surface area contributed by atoms with Crippen LogP contribution in [0, 0.1) is 20.8 Å². The van der Waals surface area contributed by atoms with Gasteiger partial charge >= 0.3 is 0 Å². The number of benzene rings is 1. The first-order chi connectivity index (χ1) is 12.5. The number of hydrogen-bond donors (Lipinski definition) is 1. The van der Waals surface area contributed by atoms with Crippen molar-refractivity contribution in [1.82, 2.24) is 14.8 Å². The van der Waals surface area contributed by atoms with E-state index in [4.69, 9.17) is 0 Å². The molecule has 0 bridgehead atoms. The van der Waals surface area contributed by atoms with Gasteiger partial charge in [0.15, 0.2) is 0 Å². The molecular weight excluding hydrogens is 324 g/mol. The maximum atomic E-state index is 12.4. The molecule has 0 radical (unpaired) electrons. The fraction of sp³-hybridized carbons (Fsp3) is 0.429. The number of carbonyl (C=O) groups is 1. The fourth-order valence-electron chi connectivity index (χ4n) is 3.36. The van der Waals surface area contributed by atoms with Gasteiger partial charge in [0.05, 0.1) is 6.54 Å². The second-order valence-corrected chi connectivity index (χ2v) is 7.22. The van der Waals surface area contributed by atoms with Crippen molar-refractivity contribution in [2.45, 2.75) is 27.3 Å². The van der Waals surface area contributed by atoms with Crippen LogP contribution in [0.4, 0.5) is 5.69 Å². The van der Waals surface area contributed by atoms with E-state index in [2.05, 4.69) is 46.1 Å². The predicted molar refractivity (Wildman–Crippen MR) is 105 cm³/mol. The monoisotopic (exact) mass is 352 g/mol. The number of piperazine rings is 1. The highest BCUT2D eigenvalue weighted by Crippen LogP contribution is 2.16. The van der Waals surface area contributed by atoms with E-state index < -0.39 is 0 Å². The third-order valence-electron chi connectivity index (χ3n) is 5.03. The molecule has 3 rings (SSSR count). The van der Waals surface area contributed by atoms with Crippen molar-refractivity contribution in [3.8, 4) is 0 Å². The lowest BCUT2D eigenvalue weighted by molar-refractivity contribution is -0.117. The molecule has 1 aromatic heterocycles. The molecule has 1 amide bonds. The van der Waals surface area contributed by atoms with Gasteiger partial charge in [-0.3, -0.25) is 19.6 Å². The Morgan fingerprint density at radius 2 is 1.77 bits per heavy atom. The number of rotatable bonds is 5. The third kappa shape index (κ3) is 4.90. The van der Waals surface area contributed by atoms with Gasteiger partial charge in [-0.2, -0.15) is 0 Å². The summed E-state index contributed by atoms with van der Waals surface area (Å²) < 4.78 is 0. The van der Waals surface area contributed by atoms with Gasteiger partial charge in [-0.05, 0) is 49.6 Å². The van der Waals surface area contributed by atoms with Gasteiger partial charge in [0.2, 0.25) is 5.91 Å². The Morgan fingerprint density at radius 3 is 2.46 bits per heavy atom. The Balaban J connectivity index is 1.46. The number of anilines is 1. The number of carbonyl (C=O) groups excluding carboxylic acids is 1. The summed E-state index contributed by atoms with van der Waals surface area (Å²) in [6.45, 7) is 11.4. The largest absolute Gasteiger partial charge is 0.325 e. The number of pyridine rings is 1. The molecule has 0 spiro atoms. The van der Waals surface area contributed by atoms with Crippen LogP contribution in [0.2, 0.25) is 0 Å². The van der Waals surface area contributed by atoms with E-state index in [-0.39, 0.29) is 5.91 Å². The lowest BCUT2D eigenvalue weighted by Crippen LogP contribution is -2.48. The second-order valence-electron chi connectivity index (χ2n) is 7.22. The summed E-state index contributed by atoms with van der Waals surface area (Å²) in [6.07, 6.45) is 3.80. The molecule has 0 saturated carbocycles. The van der Waals surface area contributed by atoms with Crippen LogP contribution in [-0.4, -0.2) is 53.4 Å². The van der Waals surface area contributed by atoms with Crippen LogP contribution in [0.1, 0.15) is 22.3 Å². The topological polar surface area (TPSA) is 48.5 Å². The van der Waals surface area contributed by atoms with Crippen LogP contribution >= 0.6 is 0 Å². The molecule has 2 heterocycles. The highest BCUT2D eigenvalue weighted by Gasteiger charge is 2.19. The standard InChI is InChI=1S/C21H28N4O/c1-16-4-5-20(18(3)12-16)23-21(26)15-25-10-8-24(9-11-25)14-19-13-22-7-6-17(19)2/h4-7,12-13H,8-11,14-15H2,1-3H3,(H,23,26). The van der Waals surface area contributed by atoms with Crippen molar-refractivity contribution in [3.05, 3.63) is 58.9 Å². The first-order valence-electron chi connectivity index (χ1n) is 9.22. The Bertz CT molecular complexity index is 766. The van der Waals surface area contributed by atoms with Crippen LogP contribution < -0.4 is 5.32 Å². The minimum absolute atomic E-state index is 0.0634. The Morgan fingerprint density at radius 1 is 1.04 bits per heavy atom. The zero-order chi connectivity index (χ0) is 18.5. The molecule has 1 fully saturated rings. The summed E-state index contributed by atoms with van der Waals surface area (Å²) in [5, 5.41) is 3.04. The van der Waals surface area contributed by atoms with E-state index in [0.29, 0.717) is 6.54 Å². The van der Waals surface area contributed by atoms with Crippen molar-refractivity contribution in [3.63, 3.8) is 0 Å². The second kappa shape index (κ2) is 8.43. The van der Waals surface area contributed by atoms with Gasteiger partial charge in [-0.25, -0.2) is 0 Å². The highest BCUT2D eigenvalue weighted by molar-refractivity contribution is 5.93. The first kappa shape index (κ1) is 18.5. The summed E-state index contributed by atoms with van der Waals surface area (Å²) in [5.41, 5.74) is 5.80. The van der Waals surface area contributed by atoms with E-state index in [1.807, 2.05) is 31.5 Å². The van der Waals surface area contributed by atoms with Crippen molar-refractivity contribution in [1.29, 1.82) is 0 Å². The molecule has 1 aliphatic heterocycles. The average molecular weight is 352 g/mol. The molecule has 0 atom stereocenters. The molecule has 1 saturated heterocycles. The molecule has 0 aliphatic carbocycles. The SMILES string of the molecule is Cc1ccc(NC(=O)CN2CCN(Cc3cnccc3C)CC2)c(C)c1. The maximum absolute atomic E-state index is 12.4. The van der Waals surface area contributed by atoms with Crippen LogP contribution in [0.5, 0.6) is 0 Å². The van der Waals surface area contributed by atoms with Crippen LogP contribution in [-0.2, 0) is 11.3 Å². The van der Waals surface area contributed by atoms with Crippen molar-refractivity contribution >= 4 is 11.6 Å². The molecule has 0 unspecified atom stereocenters. The van der Waals surface area contributed by atoms with Crippen LogP contribution in [0.25, 0.3) is 0 Å². The number of nitrogens with zero attached hydrogens (tertiary/aromatic N) is 3. The van der Waals surface area contributed by atoms with E-state index in [9.17, 15) is 4.79 Å². The molecule has 138 valence electrons. The summed E-state index contributed by atoms with van der Waals surface area (Å²) in [7, 11) is 0. The lowest BCUT2D eigenvalue weighted by atomic mass is 10.1. The Labute approximate surface area is 156 Å². The zero-order valence-electron chi connectivity index (χ0n) is 16.0. The minimum Gasteiger partial charge on any atom is -0.325 e. The molecule has 1 N–H and O–H groups in total. The Hall–Kier alpha value is -2.24. The maximum Gasteiger partial charge on any atom is 0.238 e. The Kier molecular flexibility index (Phi) is 6.01. The highest BCUT2D eigenvalue weighted by atomic mass is 16.2. The summed E-state index contributed by atoms with van der Waals surface area (Å²) in [4.78, 5) is 21.2. The van der Waals surface area contributed by atoms with Gasteiger partial charge in [-0.15, -0.1) is 0 Å². The molecule has 1 aliphatic rings. The van der Waals surface area contributed by atoms with Crippen molar-refractivity contribution in [2.24, 2.45) is 0 Å². The molecular formula is C21H28N4O. The van der Waals surface area contributed by atoms with Crippen molar-refractivity contribution in [2.75, 3.05) is 38.0 Å². The zero-order valence-corrected chi connectivity index (χ0v) is 16.0. The fourth-order valence-corrected chi connectivity index (χ4v) is 3.36. The number of hydrogen-bond acceptors (Lipinski definition) is 4. The number of amides is 1. The molecule has 5 heteroatoms. The average Bonchev–Trinajstić information content (AvgIpc) is 2.61. The summed E-state index contributed by atoms with van der Waals surface area (Å²) in [5.74, 6) is 0.0634. The van der Waals surface area contributed by atoms with Gasteiger partial charge in [-0.1, -0.05) is 17.7 Å². The van der Waals surface area contributed by atoms with Gasteiger partial charge in [0.25, 0.3) is 0 Å². The number of aryl methyl sites for hydroxylation is 3. The van der Waals surface area contributed by atoms with Gasteiger partial charge in [0, 0.05) is 50.8 Å². The van der Waals surface area contributed by atoms with Crippen LogP contribution in [0.15, 0.2) is 36.7 Å². The van der Waals surface area contributed by atoms with Gasteiger partial charge in [0.1, 0.15) is 0 Å². The summed E-state index contributed by atoms with van der Waals surface area (Å²) >= 11 is 0. The minimum atomic E-state index is 0.0634. The summed E-state index contributed by atoms with van der Waals surface area (Å²) in [6, 6.07) is 8.16. The van der Waals surface area contributed by atoms with Gasteiger partial charge < -0.3 is 5.32 Å². The number of nitrogens with one attached hydrogen (secondary N) is 1. The molecule has 26 heavy (non-hydrogen) atoms. The van der Waals surface area contributed by atoms with Crippen molar-refractivity contribution < 1.29 is 4.79 Å². The van der Waals surface area contributed by atoms with Crippen LogP contribution in [0.3, 0.4) is 0 Å². The quantitative estimate of drug-likeness (QED) is 0.899. The molecule has 2 aromatic rings. The molecule has 1 aromatic carbocycles. The third-order valence-corrected chi connectivity index (χ3v) is 5.03. The smallest absolute Gasteiger partial charge is 0.238 e. The lowest BCUT2D eigenvalue weighted by Gasteiger charge is -2.34. The first-order valence-corrected chi connectivity index (χ1v) is 9.22. The van der Waals surface area contributed by atoms with E-state index in [1.165, 1.54) is 16.7 Å². The normalized spacial score (nSPS) is 15.8. The van der Waals surface area contributed by atoms with E-state index in [0.717, 1.165) is 44.0 Å².